The van der Waals surface area contributed by atoms with Crippen molar-refractivity contribution in [1.29, 1.82) is 0 Å². The zero-order chi connectivity index (χ0) is 22.8. The van der Waals surface area contributed by atoms with Gasteiger partial charge in [0.05, 0.1) is 22.2 Å². The van der Waals surface area contributed by atoms with Gasteiger partial charge in [0.15, 0.2) is 0 Å². The van der Waals surface area contributed by atoms with Crippen molar-refractivity contribution in [2.45, 2.75) is 19.6 Å². The molecule has 0 saturated carbocycles. The molecule has 0 spiro atoms. The second-order valence-corrected chi connectivity index (χ2v) is 6.54. The Morgan fingerprint density at radius 1 is 1.06 bits per heavy atom. The highest BCUT2D eigenvalue weighted by Crippen LogP contribution is 2.19. The van der Waals surface area contributed by atoms with Crippen molar-refractivity contribution in [3.63, 3.8) is 0 Å². The van der Waals surface area contributed by atoms with Crippen LogP contribution >= 0.6 is 0 Å². The number of para-hydroxylation sites is 1. The third-order valence-electron chi connectivity index (χ3n) is 4.43. The zero-order valence-corrected chi connectivity index (χ0v) is 16.2. The first-order valence-corrected chi connectivity index (χ1v) is 9.13. The molecule has 3 aromatic rings. The van der Waals surface area contributed by atoms with E-state index in [1.807, 2.05) is 0 Å². The van der Waals surface area contributed by atoms with Gasteiger partial charge in [-0.05, 0) is 37.3 Å². The lowest BCUT2D eigenvalue weighted by Gasteiger charge is -2.13. The van der Waals surface area contributed by atoms with Crippen molar-refractivity contribution in [3.8, 4) is 0 Å². The van der Waals surface area contributed by atoms with E-state index in [0.29, 0.717) is 0 Å². The van der Waals surface area contributed by atoms with Crippen LogP contribution in [0.4, 0.5) is 18.9 Å². The average molecular weight is 434 g/mol. The third kappa shape index (κ3) is 4.82. The van der Waals surface area contributed by atoms with E-state index in [4.69, 9.17) is 0 Å². The minimum Gasteiger partial charge on any atom is -0.343 e. The molecule has 0 saturated heterocycles. The first-order chi connectivity index (χ1) is 14.6. The summed E-state index contributed by atoms with van der Waals surface area (Å²) >= 11 is 0. The molecule has 31 heavy (non-hydrogen) atoms. The molecular formula is C20H17F3N4O4. The maximum absolute atomic E-state index is 12.6. The van der Waals surface area contributed by atoms with E-state index in [-0.39, 0.29) is 34.3 Å². The summed E-state index contributed by atoms with van der Waals surface area (Å²) in [5.41, 5.74) is -1.04. The molecule has 0 aliphatic heterocycles. The molecular weight excluding hydrogens is 417 g/mol. The van der Waals surface area contributed by atoms with Crippen LogP contribution in [0.2, 0.25) is 0 Å². The summed E-state index contributed by atoms with van der Waals surface area (Å²) in [5.74, 6) is -1.69. The summed E-state index contributed by atoms with van der Waals surface area (Å²) in [7, 11) is 0. The van der Waals surface area contributed by atoms with Crippen LogP contribution in [0.25, 0.3) is 10.9 Å². The lowest BCUT2D eigenvalue weighted by Crippen LogP contribution is -2.34. The van der Waals surface area contributed by atoms with E-state index >= 15 is 0 Å². The van der Waals surface area contributed by atoms with Crippen molar-refractivity contribution in [2.75, 3.05) is 11.9 Å². The minimum atomic E-state index is -4.58. The molecule has 11 heteroatoms. The second-order valence-electron chi connectivity index (χ2n) is 6.54. The van der Waals surface area contributed by atoms with Crippen LogP contribution in [-0.2, 0) is 6.54 Å². The number of aromatic nitrogens is 2. The maximum Gasteiger partial charge on any atom is 0.405 e. The number of carbonyl (C=O) groups excluding carboxylic acids is 2. The molecule has 2 amide bonds. The number of hydrogen-bond donors (Lipinski definition) is 3. The highest BCUT2D eigenvalue weighted by atomic mass is 19.4. The summed E-state index contributed by atoms with van der Waals surface area (Å²) in [6, 6.07) is 9.63. The Kier molecular flexibility index (Phi) is 5.95. The predicted octanol–water partition coefficient (Wildman–Crippen LogP) is 2.25. The first kappa shape index (κ1) is 21.8. The van der Waals surface area contributed by atoms with Crippen molar-refractivity contribution in [1.82, 2.24) is 14.9 Å². The van der Waals surface area contributed by atoms with Gasteiger partial charge in [0.2, 0.25) is 0 Å². The zero-order valence-electron chi connectivity index (χ0n) is 16.2. The molecule has 0 fully saturated rings. The highest BCUT2D eigenvalue weighted by Gasteiger charge is 2.28. The number of H-pyrrole nitrogens is 1. The Morgan fingerprint density at radius 3 is 2.45 bits per heavy atom. The molecule has 8 nitrogen and oxygen atoms in total. The van der Waals surface area contributed by atoms with Crippen molar-refractivity contribution in [3.05, 3.63) is 74.4 Å². The lowest BCUT2D eigenvalue weighted by molar-refractivity contribution is -0.123. The predicted molar refractivity (Wildman–Crippen MR) is 107 cm³/mol. The molecule has 2 aromatic carbocycles. The number of anilines is 1. The van der Waals surface area contributed by atoms with Gasteiger partial charge in [-0.25, -0.2) is 4.79 Å². The van der Waals surface area contributed by atoms with Crippen molar-refractivity contribution < 1.29 is 22.8 Å². The van der Waals surface area contributed by atoms with E-state index in [0.717, 1.165) is 4.57 Å². The van der Waals surface area contributed by atoms with Gasteiger partial charge in [-0.1, -0.05) is 12.1 Å². The van der Waals surface area contributed by atoms with Gasteiger partial charge in [0.1, 0.15) is 6.54 Å². The number of benzene rings is 2. The summed E-state index contributed by atoms with van der Waals surface area (Å²) in [6.45, 7) is 0.313. The van der Waals surface area contributed by atoms with E-state index < -0.39 is 35.8 Å². The number of carbonyl (C=O) groups is 2. The second kappa shape index (κ2) is 8.46. The summed E-state index contributed by atoms with van der Waals surface area (Å²) in [4.78, 5) is 51.6. The van der Waals surface area contributed by atoms with E-state index in [1.54, 1.807) is 12.2 Å². The topological polar surface area (TPSA) is 113 Å². The molecule has 0 radical (unpaired) electrons. The van der Waals surface area contributed by atoms with Crippen molar-refractivity contribution in [2.24, 2.45) is 0 Å². The Hall–Kier alpha value is -3.89. The van der Waals surface area contributed by atoms with Gasteiger partial charge < -0.3 is 15.6 Å². The first-order valence-electron chi connectivity index (χ1n) is 9.13. The monoisotopic (exact) mass is 434 g/mol. The van der Waals surface area contributed by atoms with Crippen molar-refractivity contribution >= 4 is 28.4 Å². The Morgan fingerprint density at radius 2 is 1.77 bits per heavy atom. The standard InChI is InChI=1S/C20H17F3N4O4/c1-2-27-18(30)13-8-7-11(9-15(13)26-19(27)31)16(28)25-14-6-4-3-5-12(14)17(29)24-10-20(21,22)23/h3-9H,2,10H2,1H3,(H,24,29)(H,25,28)(H,26,31). The Bertz CT molecular complexity index is 1280. The Balaban J connectivity index is 1.89. The number of nitrogens with zero attached hydrogens (tertiary/aromatic N) is 1. The number of fused-ring (bicyclic) bond motifs is 1. The number of rotatable bonds is 5. The van der Waals surface area contributed by atoms with Gasteiger partial charge in [-0.3, -0.25) is 19.0 Å². The Labute approximate surface area is 172 Å². The fourth-order valence-corrected chi connectivity index (χ4v) is 2.94. The smallest absolute Gasteiger partial charge is 0.343 e. The number of halogens is 3. The fraction of sp³-hybridized carbons (Fsp3) is 0.200. The van der Waals surface area contributed by atoms with E-state index in [2.05, 4.69) is 10.3 Å². The molecule has 3 N–H and O–H groups in total. The van der Waals surface area contributed by atoms with E-state index in [1.165, 1.54) is 42.5 Å². The van der Waals surface area contributed by atoms with Gasteiger partial charge in [-0.2, -0.15) is 13.2 Å². The van der Waals surface area contributed by atoms with Gasteiger partial charge in [0.25, 0.3) is 17.4 Å². The van der Waals surface area contributed by atoms with Crippen LogP contribution < -0.4 is 21.9 Å². The average Bonchev–Trinajstić information content (AvgIpc) is 2.71. The molecule has 0 atom stereocenters. The van der Waals surface area contributed by atoms with Crippen LogP contribution in [0.1, 0.15) is 27.6 Å². The quantitative estimate of drug-likeness (QED) is 0.572. The number of aromatic amines is 1. The SMILES string of the molecule is CCn1c(=O)[nH]c2cc(C(=O)Nc3ccccc3C(=O)NCC(F)(F)F)ccc2c1=O. The highest BCUT2D eigenvalue weighted by molar-refractivity contribution is 6.10. The molecule has 0 bridgehead atoms. The van der Waals surface area contributed by atoms with Crippen LogP contribution in [0.3, 0.4) is 0 Å². The minimum absolute atomic E-state index is 0.00200. The van der Waals surface area contributed by atoms with Crippen LogP contribution in [0.5, 0.6) is 0 Å². The van der Waals surface area contributed by atoms with Gasteiger partial charge in [0, 0.05) is 12.1 Å². The maximum atomic E-state index is 12.6. The number of alkyl halides is 3. The van der Waals surface area contributed by atoms with Gasteiger partial charge in [-0.15, -0.1) is 0 Å². The number of amides is 2. The normalized spacial score (nSPS) is 11.4. The summed E-state index contributed by atoms with van der Waals surface area (Å²) in [6.07, 6.45) is -4.58. The summed E-state index contributed by atoms with van der Waals surface area (Å²) < 4.78 is 38.1. The molecule has 0 aliphatic rings. The lowest BCUT2D eigenvalue weighted by atomic mass is 10.1. The largest absolute Gasteiger partial charge is 0.405 e. The summed E-state index contributed by atoms with van der Waals surface area (Å²) in [5, 5.41) is 4.43. The molecule has 0 aliphatic carbocycles. The molecule has 162 valence electrons. The molecule has 3 rings (SSSR count). The molecule has 0 unspecified atom stereocenters. The third-order valence-corrected chi connectivity index (χ3v) is 4.43. The van der Waals surface area contributed by atoms with E-state index in [9.17, 15) is 32.3 Å². The number of nitrogens with one attached hydrogen (secondary N) is 3. The molecule has 1 aromatic heterocycles. The van der Waals surface area contributed by atoms with Crippen LogP contribution in [0, 0.1) is 0 Å². The van der Waals surface area contributed by atoms with Crippen LogP contribution in [-0.4, -0.2) is 34.1 Å². The fourth-order valence-electron chi connectivity index (χ4n) is 2.94. The van der Waals surface area contributed by atoms with Gasteiger partial charge >= 0.3 is 11.9 Å². The number of hydrogen-bond acceptors (Lipinski definition) is 4. The van der Waals surface area contributed by atoms with Crippen LogP contribution in [0.15, 0.2) is 52.1 Å². The molecule has 1 heterocycles.